The van der Waals surface area contributed by atoms with Gasteiger partial charge in [-0.3, -0.25) is 4.98 Å². The van der Waals surface area contributed by atoms with Gasteiger partial charge in [0.15, 0.2) is 0 Å². The van der Waals surface area contributed by atoms with Gasteiger partial charge in [0.05, 0.1) is 11.3 Å². The van der Waals surface area contributed by atoms with Gasteiger partial charge in [-0.15, -0.1) is 0 Å². The number of nitrogens with one attached hydrogen (secondary N) is 2. The molecule has 8 heteroatoms. The fraction of sp³-hybridized carbons (Fsp3) is 0.167. The van der Waals surface area contributed by atoms with Crippen molar-refractivity contribution in [2.75, 3.05) is 17.7 Å². The van der Waals surface area contributed by atoms with Crippen molar-refractivity contribution in [3.63, 3.8) is 0 Å². The van der Waals surface area contributed by atoms with Crippen LogP contribution in [0.5, 0.6) is 0 Å². The predicted molar refractivity (Wildman–Crippen MR) is 94.3 cm³/mol. The molecule has 0 radical (unpaired) electrons. The van der Waals surface area contributed by atoms with E-state index in [4.69, 9.17) is 0 Å². The van der Waals surface area contributed by atoms with E-state index >= 15 is 0 Å². The first-order valence-corrected chi connectivity index (χ1v) is 7.79. The van der Waals surface area contributed by atoms with Gasteiger partial charge in [-0.05, 0) is 36.8 Å². The molecule has 0 aliphatic heterocycles. The maximum atomic E-state index is 13.1. The first-order chi connectivity index (χ1) is 12.4. The van der Waals surface area contributed by atoms with Crippen LogP contribution in [0.3, 0.4) is 0 Å². The van der Waals surface area contributed by atoms with Crippen molar-refractivity contribution in [1.29, 1.82) is 0 Å². The van der Waals surface area contributed by atoms with Crippen LogP contribution in [-0.4, -0.2) is 22.0 Å². The minimum atomic E-state index is -4.41. The van der Waals surface area contributed by atoms with Gasteiger partial charge >= 0.3 is 6.18 Å². The molecular formula is C18H16F3N5. The van der Waals surface area contributed by atoms with Crippen LogP contribution in [0.25, 0.3) is 11.3 Å². The molecular weight excluding hydrogens is 343 g/mol. The second-order valence-corrected chi connectivity index (χ2v) is 5.60. The Kier molecular flexibility index (Phi) is 4.75. The van der Waals surface area contributed by atoms with E-state index in [1.165, 1.54) is 13.0 Å². The number of nitrogens with zero attached hydrogens (tertiary/aromatic N) is 3. The van der Waals surface area contributed by atoms with E-state index in [1.54, 1.807) is 43.7 Å². The molecule has 0 fully saturated rings. The molecule has 5 nitrogen and oxygen atoms in total. The van der Waals surface area contributed by atoms with Crippen molar-refractivity contribution in [2.45, 2.75) is 13.1 Å². The summed E-state index contributed by atoms with van der Waals surface area (Å²) >= 11 is 0. The SMILES string of the molecule is CNc1nc(Nc2ccc(C)c(C(F)(F)F)c2)cc(-c2ccncc2)n1. The number of anilines is 3. The number of hydrogen-bond acceptors (Lipinski definition) is 5. The molecule has 0 aliphatic rings. The van der Waals surface area contributed by atoms with Crippen LogP contribution < -0.4 is 10.6 Å². The van der Waals surface area contributed by atoms with Gasteiger partial charge in [0.2, 0.25) is 5.95 Å². The number of aromatic nitrogens is 3. The Morgan fingerprint density at radius 2 is 1.69 bits per heavy atom. The summed E-state index contributed by atoms with van der Waals surface area (Å²) in [4.78, 5) is 12.6. The highest BCUT2D eigenvalue weighted by molar-refractivity contribution is 5.67. The lowest BCUT2D eigenvalue weighted by Crippen LogP contribution is -2.08. The lowest BCUT2D eigenvalue weighted by molar-refractivity contribution is -0.138. The molecule has 26 heavy (non-hydrogen) atoms. The van der Waals surface area contributed by atoms with E-state index in [0.29, 0.717) is 23.1 Å². The van der Waals surface area contributed by atoms with E-state index in [2.05, 4.69) is 25.6 Å². The molecule has 0 amide bonds. The predicted octanol–water partition coefficient (Wildman–Crippen LogP) is 4.65. The van der Waals surface area contributed by atoms with Crippen molar-refractivity contribution in [1.82, 2.24) is 15.0 Å². The summed E-state index contributed by atoms with van der Waals surface area (Å²) in [5, 5.41) is 5.77. The number of benzene rings is 1. The molecule has 3 rings (SSSR count). The summed E-state index contributed by atoms with van der Waals surface area (Å²) in [6.07, 6.45) is -1.13. The van der Waals surface area contributed by atoms with E-state index < -0.39 is 11.7 Å². The van der Waals surface area contributed by atoms with Crippen molar-refractivity contribution in [2.24, 2.45) is 0 Å². The van der Waals surface area contributed by atoms with Crippen LogP contribution >= 0.6 is 0 Å². The molecule has 0 atom stereocenters. The van der Waals surface area contributed by atoms with E-state index in [-0.39, 0.29) is 5.56 Å². The number of alkyl halides is 3. The van der Waals surface area contributed by atoms with Crippen LogP contribution in [0.1, 0.15) is 11.1 Å². The normalized spacial score (nSPS) is 11.3. The third-order valence-electron chi connectivity index (χ3n) is 3.74. The van der Waals surface area contributed by atoms with Crippen molar-refractivity contribution < 1.29 is 13.2 Å². The second-order valence-electron chi connectivity index (χ2n) is 5.60. The maximum absolute atomic E-state index is 13.1. The lowest BCUT2D eigenvalue weighted by atomic mass is 10.1. The lowest BCUT2D eigenvalue weighted by Gasteiger charge is -2.14. The molecule has 2 heterocycles. The summed E-state index contributed by atoms with van der Waals surface area (Å²) in [6, 6.07) is 9.33. The van der Waals surface area contributed by atoms with Gasteiger partial charge in [0.25, 0.3) is 0 Å². The highest BCUT2D eigenvalue weighted by atomic mass is 19.4. The van der Waals surface area contributed by atoms with E-state index in [0.717, 1.165) is 11.6 Å². The highest BCUT2D eigenvalue weighted by Gasteiger charge is 2.32. The van der Waals surface area contributed by atoms with Crippen molar-refractivity contribution in [3.05, 3.63) is 59.9 Å². The molecule has 0 bridgehead atoms. The number of hydrogen-bond donors (Lipinski definition) is 2. The second kappa shape index (κ2) is 6.99. The zero-order valence-electron chi connectivity index (χ0n) is 14.1. The Balaban J connectivity index is 1.98. The number of rotatable bonds is 4. The van der Waals surface area contributed by atoms with Gasteiger partial charge in [-0.1, -0.05) is 6.07 Å². The topological polar surface area (TPSA) is 62.7 Å². The average molecular weight is 359 g/mol. The number of halogens is 3. The molecule has 2 aromatic heterocycles. The highest BCUT2D eigenvalue weighted by Crippen LogP contribution is 2.34. The zero-order valence-corrected chi connectivity index (χ0v) is 14.1. The maximum Gasteiger partial charge on any atom is 0.416 e. The summed E-state index contributed by atoms with van der Waals surface area (Å²) in [7, 11) is 1.67. The monoisotopic (exact) mass is 359 g/mol. The standard InChI is InChI=1S/C18H16F3N5/c1-11-3-4-13(9-14(11)18(19,20)21)24-16-10-15(25-17(22-2)26-16)12-5-7-23-8-6-12/h3-10H,1-2H3,(H2,22,24,25,26). The number of aryl methyl sites for hydroxylation is 1. The summed E-state index contributed by atoms with van der Waals surface area (Å²) < 4.78 is 39.3. The molecule has 0 saturated heterocycles. The van der Waals surface area contributed by atoms with Crippen LogP contribution in [0.2, 0.25) is 0 Å². The van der Waals surface area contributed by atoms with Crippen LogP contribution in [-0.2, 0) is 6.18 Å². The Bertz CT molecular complexity index is 910. The molecule has 0 spiro atoms. The average Bonchev–Trinajstić information content (AvgIpc) is 2.63. The molecule has 3 aromatic rings. The van der Waals surface area contributed by atoms with Gasteiger partial charge < -0.3 is 10.6 Å². The Morgan fingerprint density at radius 1 is 0.962 bits per heavy atom. The molecule has 0 unspecified atom stereocenters. The molecule has 0 aliphatic carbocycles. The van der Waals surface area contributed by atoms with Crippen LogP contribution in [0, 0.1) is 6.92 Å². The van der Waals surface area contributed by atoms with Crippen LogP contribution in [0.15, 0.2) is 48.8 Å². The Hall–Kier alpha value is -3.16. The van der Waals surface area contributed by atoms with Gasteiger partial charge in [-0.2, -0.15) is 18.2 Å². The van der Waals surface area contributed by atoms with Crippen LogP contribution in [0.4, 0.5) is 30.6 Å². The summed E-state index contributed by atoms with van der Waals surface area (Å²) in [5.74, 6) is 0.734. The van der Waals surface area contributed by atoms with Crippen molar-refractivity contribution in [3.8, 4) is 11.3 Å². The third kappa shape index (κ3) is 3.90. The van der Waals surface area contributed by atoms with E-state index in [1.807, 2.05) is 0 Å². The van der Waals surface area contributed by atoms with Gasteiger partial charge in [0.1, 0.15) is 5.82 Å². The smallest absolute Gasteiger partial charge is 0.357 e. The van der Waals surface area contributed by atoms with E-state index in [9.17, 15) is 13.2 Å². The Morgan fingerprint density at radius 3 is 2.35 bits per heavy atom. The summed E-state index contributed by atoms with van der Waals surface area (Å²) in [6.45, 7) is 1.43. The third-order valence-corrected chi connectivity index (χ3v) is 3.74. The minimum Gasteiger partial charge on any atom is -0.357 e. The quantitative estimate of drug-likeness (QED) is 0.710. The first-order valence-electron chi connectivity index (χ1n) is 7.79. The molecule has 134 valence electrons. The first kappa shape index (κ1) is 17.7. The Labute approximate surface area is 148 Å². The van der Waals surface area contributed by atoms with Gasteiger partial charge in [0, 0.05) is 36.8 Å². The minimum absolute atomic E-state index is 0.166. The fourth-order valence-corrected chi connectivity index (χ4v) is 2.45. The fourth-order valence-electron chi connectivity index (χ4n) is 2.45. The molecule has 2 N–H and O–H groups in total. The number of pyridine rings is 1. The zero-order chi connectivity index (χ0) is 18.7. The largest absolute Gasteiger partial charge is 0.416 e. The summed E-state index contributed by atoms with van der Waals surface area (Å²) in [5.41, 5.74) is 1.22. The van der Waals surface area contributed by atoms with Gasteiger partial charge in [-0.25, -0.2) is 4.98 Å². The molecule has 0 saturated carbocycles. The van der Waals surface area contributed by atoms with Crippen molar-refractivity contribution >= 4 is 17.5 Å². The molecule has 1 aromatic carbocycles.